The summed E-state index contributed by atoms with van der Waals surface area (Å²) in [5.74, 6) is 0. The third kappa shape index (κ3) is 21.4. The van der Waals surface area contributed by atoms with Crippen LogP contribution in [-0.4, -0.2) is 29.9 Å². The van der Waals surface area contributed by atoms with Crippen LogP contribution >= 0.6 is 0 Å². The van der Waals surface area contributed by atoms with Crippen LogP contribution in [0.2, 0.25) is 0 Å². The number of hydrogen-bond acceptors (Lipinski definition) is 4. The molecule has 0 aromatic heterocycles. The van der Waals surface area contributed by atoms with Gasteiger partial charge in [-0.1, -0.05) is 103 Å². The summed E-state index contributed by atoms with van der Waals surface area (Å²) in [5, 5.41) is 8.03. The monoisotopic (exact) mass is 414 g/mol. The van der Waals surface area contributed by atoms with Gasteiger partial charge < -0.3 is 9.66 Å². The topological polar surface area (TPSA) is 77.4 Å². The van der Waals surface area contributed by atoms with Crippen molar-refractivity contribution in [1.29, 1.82) is 0 Å². The van der Waals surface area contributed by atoms with Crippen LogP contribution in [0.3, 0.4) is 0 Å². The minimum atomic E-state index is -4.16. The number of aliphatic hydroxyl groups excluding tert-OH is 1. The van der Waals surface area contributed by atoms with E-state index < -0.39 is 15.4 Å². The van der Waals surface area contributed by atoms with E-state index in [0.717, 1.165) is 51.4 Å². The first-order valence-electron chi connectivity index (χ1n) is 11.1. The van der Waals surface area contributed by atoms with Gasteiger partial charge in [0.1, 0.15) is 0 Å². The molecule has 0 aromatic rings. The molecule has 0 aromatic carbocycles. The van der Waals surface area contributed by atoms with Crippen molar-refractivity contribution in [3.63, 3.8) is 0 Å². The molecule has 1 atom stereocenters. The van der Waals surface area contributed by atoms with Crippen LogP contribution in [-0.2, 0) is 10.1 Å². The summed E-state index contributed by atoms with van der Waals surface area (Å²) in [7, 11) is -4.16. The van der Waals surface area contributed by atoms with E-state index in [9.17, 15) is 13.0 Å². The molecule has 27 heavy (non-hydrogen) atoms. The number of hydrogen-bond donors (Lipinski definition) is 1. The summed E-state index contributed by atoms with van der Waals surface area (Å²) < 4.78 is 34.3. The molecule has 0 aliphatic rings. The van der Waals surface area contributed by atoms with Crippen LogP contribution in [0.5, 0.6) is 0 Å². The van der Waals surface area contributed by atoms with E-state index in [1.165, 1.54) is 51.4 Å². The normalized spacial score (nSPS) is 12.7. The first kappa shape index (κ1) is 30.1. The summed E-state index contributed by atoms with van der Waals surface area (Å²) in [6.45, 7) is 2.46. The van der Waals surface area contributed by atoms with E-state index in [-0.39, 0.29) is 36.2 Å². The second kappa shape index (κ2) is 21.6. The van der Waals surface area contributed by atoms with Crippen molar-refractivity contribution in [3.05, 3.63) is 0 Å². The van der Waals surface area contributed by atoms with E-state index in [2.05, 4.69) is 6.92 Å². The molecule has 0 spiro atoms. The van der Waals surface area contributed by atoms with Crippen LogP contribution in [0, 0.1) is 0 Å². The summed E-state index contributed by atoms with van der Waals surface area (Å²) >= 11 is 0. The Hall–Kier alpha value is 0.870. The van der Waals surface area contributed by atoms with Gasteiger partial charge in [-0.25, -0.2) is 8.42 Å². The van der Waals surface area contributed by atoms with Gasteiger partial charge in [0.2, 0.25) is 0 Å². The van der Waals surface area contributed by atoms with Crippen molar-refractivity contribution in [2.24, 2.45) is 0 Å². The van der Waals surface area contributed by atoms with Crippen LogP contribution in [0.1, 0.15) is 122 Å². The van der Waals surface area contributed by atoms with Crippen molar-refractivity contribution in [2.45, 2.75) is 128 Å². The minimum Gasteiger partial charge on any atom is -0.748 e. The maximum atomic E-state index is 11.4. The number of unbranched alkanes of at least 4 members (excludes halogenated alkanes) is 14. The second-order valence-corrected chi connectivity index (χ2v) is 9.37. The van der Waals surface area contributed by atoms with Crippen LogP contribution < -0.4 is 29.6 Å². The Labute approximate surface area is 191 Å². The summed E-state index contributed by atoms with van der Waals surface area (Å²) in [6, 6.07) is 0. The standard InChI is InChI=1S/C21H44O4S.Na/c1-2-3-4-5-6-7-8-9-10-12-15-18-21(26(23,24)25)19-16-13-11-14-17-20-22;/h21-22H,2-20H2,1H3,(H,23,24,25);/q;+1/p-1. The third-order valence-corrected chi connectivity index (χ3v) is 6.51. The molecular formula is C21H43NaO4S. The van der Waals surface area contributed by atoms with Gasteiger partial charge in [-0.15, -0.1) is 0 Å². The molecule has 0 radical (unpaired) electrons. The Morgan fingerprint density at radius 2 is 1.00 bits per heavy atom. The molecule has 0 bridgehead atoms. The molecule has 4 nitrogen and oxygen atoms in total. The van der Waals surface area contributed by atoms with Crippen molar-refractivity contribution in [2.75, 3.05) is 6.61 Å². The zero-order valence-electron chi connectivity index (χ0n) is 18.1. The van der Waals surface area contributed by atoms with Gasteiger partial charge in [-0.05, 0) is 19.3 Å². The largest absolute Gasteiger partial charge is 1.00 e. The Bertz CT molecular complexity index is 388. The zero-order chi connectivity index (χ0) is 19.5. The maximum absolute atomic E-state index is 11.4. The van der Waals surface area contributed by atoms with Crippen molar-refractivity contribution in [1.82, 2.24) is 0 Å². The first-order valence-corrected chi connectivity index (χ1v) is 12.5. The molecule has 1 unspecified atom stereocenters. The van der Waals surface area contributed by atoms with E-state index in [1.807, 2.05) is 0 Å². The molecule has 6 heteroatoms. The average Bonchev–Trinajstić information content (AvgIpc) is 2.59. The SMILES string of the molecule is CCCCCCCCCCCCCC(CCCCCCCO)S(=O)(=O)[O-].[Na+]. The predicted molar refractivity (Wildman–Crippen MR) is 109 cm³/mol. The van der Waals surface area contributed by atoms with Gasteiger partial charge in [-0.3, -0.25) is 0 Å². The Balaban J connectivity index is 0. The molecule has 1 N–H and O–H groups in total. The molecule has 158 valence electrons. The summed E-state index contributed by atoms with van der Waals surface area (Å²) in [5.41, 5.74) is 0. The molecule has 0 heterocycles. The van der Waals surface area contributed by atoms with E-state index in [1.54, 1.807) is 0 Å². The van der Waals surface area contributed by atoms with Gasteiger partial charge in [0.05, 0.1) is 10.1 Å². The quantitative estimate of drug-likeness (QED) is 0.189. The van der Waals surface area contributed by atoms with Gasteiger partial charge >= 0.3 is 29.6 Å². The Morgan fingerprint density at radius 3 is 1.33 bits per heavy atom. The predicted octanol–water partition coefficient (Wildman–Crippen LogP) is 2.94. The fraction of sp³-hybridized carbons (Fsp3) is 1.00. The molecule has 0 saturated heterocycles. The second-order valence-electron chi connectivity index (χ2n) is 7.72. The number of rotatable bonds is 20. The Kier molecular flexibility index (Phi) is 24.0. The van der Waals surface area contributed by atoms with Crippen molar-refractivity contribution >= 4 is 10.1 Å². The number of aliphatic hydroxyl groups is 1. The van der Waals surface area contributed by atoms with Gasteiger partial charge in [-0.2, -0.15) is 0 Å². The fourth-order valence-corrected chi connectivity index (χ4v) is 4.39. The van der Waals surface area contributed by atoms with E-state index in [0.29, 0.717) is 12.8 Å². The van der Waals surface area contributed by atoms with Crippen molar-refractivity contribution in [3.8, 4) is 0 Å². The van der Waals surface area contributed by atoms with Crippen LogP contribution in [0.25, 0.3) is 0 Å². The molecule has 0 aliphatic heterocycles. The summed E-state index contributed by atoms with van der Waals surface area (Å²) in [4.78, 5) is 0. The molecule has 0 rings (SSSR count). The Morgan fingerprint density at radius 1 is 0.667 bits per heavy atom. The summed E-state index contributed by atoms with van der Waals surface area (Å²) in [6.07, 6.45) is 19.2. The third-order valence-electron chi connectivity index (χ3n) is 5.22. The molecular weight excluding hydrogens is 371 g/mol. The van der Waals surface area contributed by atoms with Gasteiger partial charge in [0.15, 0.2) is 0 Å². The zero-order valence-corrected chi connectivity index (χ0v) is 20.9. The van der Waals surface area contributed by atoms with E-state index >= 15 is 0 Å². The molecule has 0 amide bonds. The molecule has 0 fully saturated rings. The molecule has 0 saturated carbocycles. The average molecular weight is 415 g/mol. The van der Waals surface area contributed by atoms with Crippen molar-refractivity contribution < 1.29 is 47.6 Å². The van der Waals surface area contributed by atoms with Gasteiger partial charge in [0, 0.05) is 11.9 Å². The molecule has 0 aliphatic carbocycles. The smallest absolute Gasteiger partial charge is 0.748 e. The first-order chi connectivity index (χ1) is 12.5. The minimum absolute atomic E-state index is 0. The van der Waals surface area contributed by atoms with Crippen LogP contribution in [0.4, 0.5) is 0 Å². The van der Waals surface area contributed by atoms with E-state index in [4.69, 9.17) is 5.11 Å². The fourth-order valence-electron chi connectivity index (χ4n) is 3.48. The maximum Gasteiger partial charge on any atom is 1.00 e. The van der Waals surface area contributed by atoms with Gasteiger partial charge in [0.25, 0.3) is 0 Å². The van der Waals surface area contributed by atoms with Crippen LogP contribution in [0.15, 0.2) is 0 Å².